The number of rotatable bonds is 15. The maximum atomic E-state index is 5.22. The normalized spacial score (nSPS) is 11.6. The molecule has 0 fully saturated rings. The number of anilines is 6. The average molecular weight is 1350 g/mol. The SMILES string of the molecule is c1ccc(-c2nc3ccccc3n2-c2ccc(N(c3ccc(-n4c(-c5ccccc5)nc5ccccc54)cc3)c3ccc4c(c3)c3cc(N(c5ccc(-n6c(-c7ccccc7)nc7ccccc76)cc5)c5ccc(-n6c(-c7ccccc7)nc7ccccc76)cc5)ccc3n4-c3ccccc3)cc2)cc1. The molecule has 11 heteroatoms. The molecule has 0 aliphatic carbocycles. The summed E-state index contributed by atoms with van der Waals surface area (Å²) in [5.41, 5.74) is 25.2. The molecule has 105 heavy (non-hydrogen) atoms. The van der Waals surface area contributed by atoms with Gasteiger partial charge in [-0.3, -0.25) is 18.3 Å². The lowest BCUT2D eigenvalue weighted by Gasteiger charge is -2.27. The Balaban J connectivity index is 0.769. The number of hydrogen-bond acceptors (Lipinski definition) is 6. The Morgan fingerprint density at radius 3 is 0.657 bits per heavy atom. The Bertz CT molecular complexity index is 5900. The highest BCUT2D eigenvalue weighted by molar-refractivity contribution is 6.12. The van der Waals surface area contributed by atoms with E-state index in [1.807, 2.05) is 0 Å². The highest BCUT2D eigenvalue weighted by Gasteiger charge is 2.25. The second kappa shape index (κ2) is 25.3. The molecular formula is C94H63N11. The molecule has 0 bridgehead atoms. The van der Waals surface area contributed by atoms with Crippen molar-refractivity contribution in [1.29, 1.82) is 0 Å². The van der Waals surface area contributed by atoms with Crippen LogP contribution < -0.4 is 9.80 Å². The summed E-state index contributed by atoms with van der Waals surface area (Å²) < 4.78 is 11.5. The third-order valence-electron chi connectivity index (χ3n) is 20.1. The monoisotopic (exact) mass is 1350 g/mol. The van der Waals surface area contributed by atoms with Gasteiger partial charge < -0.3 is 14.4 Å². The molecule has 0 aliphatic heterocycles. The van der Waals surface area contributed by atoms with Crippen molar-refractivity contribution in [2.45, 2.75) is 0 Å². The van der Waals surface area contributed by atoms with E-state index < -0.39 is 0 Å². The molecule has 0 saturated carbocycles. The lowest BCUT2D eigenvalue weighted by molar-refractivity contribution is 1.10. The molecule has 20 rings (SSSR count). The molecule has 20 aromatic rings. The zero-order chi connectivity index (χ0) is 69.3. The third kappa shape index (κ3) is 10.5. The molecule has 494 valence electrons. The molecule has 0 atom stereocenters. The second-order valence-electron chi connectivity index (χ2n) is 26.3. The largest absolute Gasteiger partial charge is 0.310 e. The van der Waals surface area contributed by atoms with E-state index in [9.17, 15) is 0 Å². The summed E-state index contributed by atoms with van der Waals surface area (Å²) in [5, 5.41) is 2.18. The van der Waals surface area contributed by atoms with Gasteiger partial charge in [0.2, 0.25) is 0 Å². The van der Waals surface area contributed by atoms with Gasteiger partial charge in [-0.25, -0.2) is 19.9 Å². The van der Waals surface area contributed by atoms with Crippen LogP contribution in [0.3, 0.4) is 0 Å². The lowest BCUT2D eigenvalue weighted by Crippen LogP contribution is -2.11. The Kier molecular flexibility index (Phi) is 14.6. The van der Waals surface area contributed by atoms with Gasteiger partial charge in [-0.15, -0.1) is 0 Å². The average Bonchev–Trinajstić information content (AvgIpc) is 1.61. The Morgan fingerprint density at radius 2 is 0.390 bits per heavy atom. The van der Waals surface area contributed by atoms with Crippen LogP contribution in [-0.2, 0) is 0 Å². The quantitative estimate of drug-likeness (QED) is 0.102. The van der Waals surface area contributed by atoms with E-state index >= 15 is 0 Å². The minimum absolute atomic E-state index is 0.882. The van der Waals surface area contributed by atoms with E-state index in [2.05, 4.69) is 415 Å². The first-order valence-corrected chi connectivity index (χ1v) is 35.4. The molecule has 5 heterocycles. The van der Waals surface area contributed by atoms with Gasteiger partial charge in [0.05, 0.1) is 55.2 Å². The van der Waals surface area contributed by atoms with Crippen LogP contribution in [-0.4, -0.2) is 42.8 Å². The van der Waals surface area contributed by atoms with Crippen LogP contribution in [0.15, 0.2) is 382 Å². The fourth-order valence-corrected chi connectivity index (χ4v) is 15.3. The van der Waals surface area contributed by atoms with Crippen LogP contribution in [0.25, 0.3) is 140 Å². The van der Waals surface area contributed by atoms with Gasteiger partial charge in [0.25, 0.3) is 0 Å². The summed E-state index contributed by atoms with van der Waals surface area (Å²) in [6.07, 6.45) is 0. The van der Waals surface area contributed by atoms with Gasteiger partial charge in [-0.2, -0.15) is 0 Å². The molecule has 0 radical (unpaired) electrons. The van der Waals surface area contributed by atoms with Gasteiger partial charge in [0, 0.05) is 95.6 Å². The van der Waals surface area contributed by atoms with Crippen LogP contribution in [0.1, 0.15) is 0 Å². The second-order valence-corrected chi connectivity index (χ2v) is 26.3. The molecule has 0 amide bonds. The van der Waals surface area contributed by atoms with Crippen molar-refractivity contribution < 1.29 is 0 Å². The highest BCUT2D eigenvalue weighted by Crippen LogP contribution is 2.45. The highest BCUT2D eigenvalue weighted by atomic mass is 15.2. The van der Waals surface area contributed by atoms with Gasteiger partial charge in [-0.05, 0) is 194 Å². The number of hydrogen-bond donors (Lipinski definition) is 0. The van der Waals surface area contributed by atoms with E-state index in [0.717, 1.165) is 174 Å². The third-order valence-corrected chi connectivity index (χ3v) is 20.1. The van der Waals surface area contributed by atoms with E-state index in [1.165, 1.54) is 0 Å². The van der Waals surface area contributed by atoms with Crippen molar-refractivity contribution in [2.24, 2.45) is 0 Å². The number of para-hydroxylation sites is 9. The van der Waals surface area contributed by atoms with E-state index in [0.29, 0.717) is 0 Å². The summed E-state index contributed by atoms with van der Waals surface area (Å²) in [5.74, 6) is 3.53. The van der Waals surface area contributed by atoms with Crippen LogP contribution in [0.4, 0.5) is 34.1 Å². The van der Waals surface area contributed by atoms with Crippen molar-refractivity contribution in [3.63, 3.8) is 0 Å². The molecule has 5 aromatic heterocycles. The van der Waals surface area contributed by atoms with Crippen molar-refractivity contribution in [2.75, 3.05) is 9.80 Å². The topological polar surface area (TPSA) is 82.7 Å². The van der Waals surface area contributed by atoms with Crippen molar-refractivity contribution in [3.05, 3.63) is 382 Å². The minimum atomic E-state index is 0.882. The van der Waals surface area contributed by atoms with Crippen molar-refractivity contribution in [3.8, 4) is 74.0 Å². The smallest absolute Gasteiger partial charge is 0.145 e. The van der Waals surface area contributed by atoms with Crippen LogP contribution in [0.5, 0.6) is 0 Å². The Morgan fingerprint density at radius 1 is 0.171 bits per heavy atom. The molecule has 0 N–H and O–H groups in total. The van der Waals surface area contributed by atoms with E-state index in [4.69, 9.17) is 19.9 Å². The van der Waals surface area contributed by atoms with Gasteiger partial charge in [0.1, 0.15) is 23.3 Å². The van der Waals surface area contributed by atoms with Crippen LogP contribution in [0, 0.1) is 0 Å². The summed E-state index contributed by atoms with van der Waals surface area (Å²) in [6.45, 7) is 0. The fraction of sp³-hybridized carbons (Fsp3) is 0. The molecule has 0 spiro atoms. The van der Waals surface area contributed by atoms with E-state index in [-0.39, 0.29) is 0 Å². The van der Waals surface area contributed by atoms with Gasteiger partial charge in [-0.1, -0.05) is 188 Å². The first kappa shape index (κ1) is 60.5. The number of imidazole rings is 4. The number of aromatic nitrogens is 9. The van der Waals surface area contributed by atoms with Crippen molar-refractivity contribution in [1.82, 2.24) is 42.8 Å². The summed E-state index contributed by atoms with van der Waals surface area (Å²) in [6, 6.07) is 136. The Labute approximate surface area is 605 Å². The predicted molar refractivity (Wildman–Crippen MR) is 430 cm³/mol. The summed E-state index contributed by atoms with van der Waals surface area (Å²) >= 11 is 0. The van der Waals surface area contributed by atoms with E-state index in [1.54, 1.807) is 0 Å². The first-order valence-electron chi connectivity index (χ1n) is 35.4. The molecular weight excluding hydrogens is 1280 g/mol. The summed E-state index contributed by atoms with van der Waals surface area (Å²) in [7, 11) is 0. The molecule has 11 nitrogen and oxygen atoms in total. The maximum absolute atomic E-state index is 5.22. The number of benzene rings is 15. The maximum Gasteiger partial charge on any atom is 0.145 e. The molecule has 0 aliphatic rings. The van der Waals surface area contributed by atoms with Crippen LogP contribution in [0.2, 0.25) is 0 Å². The fourth-order valence-electron chi connectivity index (χ4n) is 15.3. The molecule has 0 unspecified atom stereocenters. The van der Waals surface area contributed by atoms with Crippen LogP contribution >= 0.6 is 0 Å². The zero-order valence-corrected chi connectivity index (χ0v) is 56.8. The summed E-state index contributed by atoms with van der Waals surface area (Å²) in [4.78, 5) is 25.6. The minimum Gasteiger partial charge on any atom is -0.310 e. The van der Waals surface area contributed by atoms with Gasteiger partial charge in [0.15, 0.2) is 0 Å². The number of fused-ring (bicyclic) bond motifs is 7. The Hall–Kier alpha value is -14.4. The molecule has 15 aromatic carbocycles. The van der Waals surface area contributed by atoms with Crippen molar-refractivity contribution >= 4 is 100 Å². The molecule has 0 saturated heterocycles. The predicted octanol–water partition coefficient (Wildman–Crippen LogP) is 23.7. The standard InChI is InChI=1S/C94H63N11/c1-6-24-64(25-7-1)91-95-81-34-16-20-38-87(81)102(91)73-50-42-69(43-51-73)99(70-44-52-74(53-45-70)103-88-39-21-17-35-82(88)96-92(103)65-26-8-2-9-27-65)77-58-60-85-79(62-77)80-63-78(59-61-86(80)101(85)68-32-14-5-15-33-68)100(71-46-54-75(55-47-71)104-89-40-22-18-36-83(89)97-93(104)66-28-10-3-11-29-66)72-48-56-76(57-49-72)105-90-41-23-19-37-84(90)98-94(105)67-30-12-4-13-31-67/h1-63H. The first-order chi connectivity index (χ1) is 52.1. The lowest BCUT2D eigenvalue weighted by atomic mass is 10.1. The number of nitrogens with zero attached hydrogens (tertiary/aromatic N) is 11. The van der Waals surface area contributed by atoms with Gasteiger partial charge >= 0.3 is 0 Å². The zero-order valence-electron chi connectivity index (χ0n) is 56.8.